The van der Waals surface area contributed by atoms with Gasteiger partial charge in [0.2, 0.25) is 11.9 Å². The lowest BCUT2D eigenvalue weighted by atomic mass is 9.79. The molecule has 0 bridgehead atoms. The average Bonchev–Trinajstić information content (AvgIpc) is 2.89. The molecule has 1 aromatic heterocycles. The Hall–Kier alpha value is -2.55. The van der Waals surface area contributed by atoms with Crippen molar-refractivity contribution < 1.29 is 9.53 Å². The Morgan fingerprint density at radius 3 is 2.59 bits per heavy atom. The van der Waals surface area contributed by atoms with Gasteiger partial charge in [-0.05, 0) is 57.3 Å². The fourth-order valence-electron chi connectivity index (χ4n) is 6.55. The summed E-state index contributed by atoms with van der Waals surface area (Å²) in [6, 6.07) is 11.7. The molecule has 8 heteroatoms. The number of nitrogens with zero attached hydrogens (tertiary/aromatic N) is 5. The Bertz CT molecular complexity index is 1090. The number of likely N-dealkylation sites (tertiary alicyclic amines) is 2. The van der Waals surface area contributed by atoms with E-state index in [0.717, 1.165) is 70.8 Å². The van der Waals surface area contributed by atoms with Gasteiger partial charge in [-0.2, -0.15) is 0 Å². The third-order valence-corrected chi connectivity index (χ3v) is 8.97. The molecule has 6 rings (SSSR count). The summed E-state index contributed by atoms with van der Waals surface area (Å²) in [5, 5.41) is 3.59. The predicted octanol–water partition coefficient (Wildman–Crippen LogP) is 2.76. The van der Waals surface area contributed by atoms with E-state index in [1.807, 2.05) is 6.20 Å². The third kappa shape index (κ3) is 5.24. The molecule has 4 aliphatic heterocycles. The normalized spacial score (nSPS) is 27.9. The number of amides is 1. The number of nitrogens with one attached hydrogen (secondary N) is 1. The topological polar surface area (TPSA) is 73.8 Å². The Labute approximate surface area is 220 Å². The van der Waals surface area contributed by atoms with Crippen LogP contribution in [0.2, 0.25) is 0 Å². The Morgan fingerprint density at radius 2 is 1.86 bits per heavy atom. The van der Waals surface area contributed by atoms with E-state index in [0.29, 0.717) is 24.6 Å². The number of carbonyl (C=O) groups excluding carboxylic acids is 1. The van der Waals surface area contributed by atoms with Crippen LogP contribution in [-0.2, 0) is 22.5 Å². The van der Waals surface area contributed by atoms with Gasteiger partial charge in [-0.1, -0.05) is 30.3 Å². The fourth-order valence-corrected chi connectivity index (χ4v) is 6.55. The molecule has 1 aromatic carbocycles. The second-order valence-corrected chi connectivity index (χ2v) is 11.5. The molecule has 37 heavy (non-hydrogen) atoms. The van der Waals surface area contributed by atoms with Crippen LogP contribution in [0.4, 0.5) is 5.95 Å². The smallest absolute Gasteiger partial charge is 0.227 e. The number of anilines is 1. The zero-order valence-electron chi connectivity index (χ0n) is 22.2. The molecule has 1 N–H and O–H groups in total. The van der Waals surface area contributed by atoms with Gasteiger partial charge < -0.3 is 19.9 Å². The molecule has 0 saturated carbocycles. The van der Waals surface area contributed by atoms with Crippen molar-refractivity contribution in [3.05, 3.63) is 53.3 Å². The summed E-state index contributed by atoms with van der Waals surface area (Å²) >= 11 is 0. The number of rotatable bonds is 5. The van der Waals surface area contributed by atoms with Crippen molar-refractivity contribution in [2.45, 2.75) is 63.2 Å². The van der Waals surface area contributed by atoms with E-state index in [2.05, 4.69) is 69.3 Å². The number of aromatic nitrogens is 2. The molecule has 1 amide bonds. The van der Waals surface area contributed by atoms with E-state index >= 15 is 0 Å². The van der Waals surface area contributed by atoms with Crippen LogP contribution in [0.1, 0.15) is 48.9 Å². The maximum atomic E-state index is 14.0. The number of benzene rings is 1. The van der Waals surface area contributed by atoms with Crippen LogP contribution in [0, 0.1) is 5.92 Å². The Balaban J connectivity index is 1.13. The molecule has 198 valence electrons. The molecule has 3 atom stereocenters. The van der Waals surface area contributed by atoms with E-state index in [-0.39, 0.29) is 23.8 Å². The first-order valence-corrected chi connectivity index (χ1v) is 14.0. The minimum atomic E-state index is 0.00767. The minimum Gasteiger partial charge on any atom is -0.378 e. The van der Waals surface area contributed by atoms with Gasteiger partial charge in [0.05, 0.1) is 31.5 Å². The Morgan fingerprint density at radius 1 is 1.08 bits per heavy atom. The molecule has 0 aliphatic carbocycles. The number of carbonyl (C=O) groups is 1. The fraction of sp³-hybridized carbons (Fsp3) is 0.621. The summed E-state index contributed by atoms with van der Waals surface area (Å²) in [5.41, 5.74) is 3.43. The first-order chi connectivity index (χ1) is 18.0. The average molecular weight is 505 g/mol. The maximum absolute atomic E-state index is 14.0. The van der Waals surface area contributed by atoms with Crippen molar-refractivity contribution in [3.63, 3.8) is 0 Å². The zero-order chi connectivity index (χ0) is 25.4. The first kappa shape index (κ1) is 24.8. The second kappa shape index (κ2) is 10.7. The SMILES string of the molecule is C[C@@H]1Cc2cnc(NC3CCN(C4COC4)CC3)nc2CN1C(=O)[C@H]1CCN(C)C[C@@H]1c1ccccc1. The summed E-state index contributed by atoms with van der Waals surface area (Å²) in [7, 11) is 2.16. The van der Waals surface area contributed by atoms with Crippen molar-refractivity contribution in [1.82, 2.24) is 24.7 Å². The first-order valence-electron chi connectivity index (χ1n) is 14.0. The van der Waals surface area contributed by atoms with Crippen LogP contribution in [-0.4, -0.2) is 95.1 Å². The lowest BCUT2D eigenvalue weighted by Crippen LogP contribution is -2.53. The molecule has 2 aromatic rings. The molecule has 8 nitrogen and oxygen atoms in total. The standard InChI is InChI=1S/C29H40N6O2/c1-20-14-22-15-30-29(31-23-8-12-34(13-9-23)24-18-37-19-24)32-27(22)17-35(20)28(36)25-10-11-33(2)16-26(25)21-6-4-3-5-7-21/h3-7,15,20,23-26H,8-14,16-19H2,1-2H3,(H,30,31,32)/t20-,25+,26-/m1/s1. The number of hydrogen-bond donors (Lipinski definition) is 1. The molecule has 0 radical (unpaired) electrons. The van der Waals surface area contributed by atoms with Crippen LogP contribution in [0.3, 0.4) is 0 Å². The van der Waals surface area contributed by atoms with E-state index in [1.54, 1.807) is 0 Å². The number of ether oxygens (including phenoxy) is 1. The number of fused-ring (bicyclic) bond motifs is 1. The molecule has 0 spiro atoms. The summed E-state index contributed by atoms with van der Waals surface area (Å²) in [6.07, 6.45) is 5.87. The van der Waals surface area contributed by atoms with Crippen molar-refractivity contribution in [2.75, 3.05) is 51.8 Å². The van der Waals surface area contributed by atoms with E-state index in [4.69, 9.17) is 9.72 Å². The molecular formula is C29H40N6O2. The van der Waals surface area contributed by atoms with Crippen LogP contribution >= 0.6 is 0 Å². The van der Waals surface area contributed by atoms with Crippen molar-refractivity contribution >= 4 is 11.9 Å². The highest BCUT2D eigenvalue weighted by Gasteiger charge is 2.39. The third-order valence-electron chi connectivity index (χ3n) is 8.97. The van der Waals surface area contributed by atoms with Gasteiger partial charge in [0.25, 0.3) is 0 Å². The lowest BCUT2D eigenvalue weighted by molar-refractivity contribution is -0.141. The Kier molecular flexibility index (Phi) is 7.14. The van der Waals surface area contributed by atoms with Crippen molar-refractivity contribution in [3.8, 4) is 0 Å². The molecule has 5 heterocycles. The quantitative estimate of drug-likeness (QED) is 0.671. The monoisotopic (exact) mass is 504 g/mol. The summed E-state index contributed by atoms with van der Waals surface area (Å²) < 4.78 is 5.36. The van der Waals surface area contributed by atoms with Gasteiger partial charge in [0.15, 0.2) is 0 Å². The number of likely N-dealkylation sites (N-methyl/N-ethyl adjacent to an activating group) is 1. The summed E-state index contributed by atoms with van der Waals surface area (Å²) in [6.45, 7) is 8.56. The highest BCUT2D eigenvalue weighted by Crippen LogP contribution is 2.35. The molecule has 3 saturated heterocycles. The van der Waals surface area contributed by atoms with Crippen LogP contribution in [0.15, 0.2) is 36.5 Å². The van der Waals surface area contributed by atoms with Crippen LogP contribution in [0.5, 0.6) is 0 Å². The summed E-state index contributed by atoms with van der Waals surface area (Å²) in [4.78, 5) is 30.6. The highest BCUT2D eigenvalue weighted by atomic mass is 16.5. The van der Waals surface area contributed by atoms with Crippen LogP contribution < -0.4 is 5.32 Å². The van der Waals surface area contributed by atoms with Gasteiger partial charge >= 0.3 is 0 Å². The van der Waals surface area contributed by atoms with Gasteiger partial charge in [0, 0.05) is 49.8 Å². The second-order valence-electron chi connectivity index (χ2n) is 11.5. The van der Waals surface area contributed by atoms with E-state index in [1.165, 1.54) is 11.1 Å². The highest BCUT2D eigenvalue weighted by molar-refractivity contribution is 5.80. The molecule has 3 fully saturated rings. The summed E-state index contributed by atoms with van der Waals surface area (Å²) in [5.74, 6) is 1.21. The number of hydrogen-bond acceptors (Lipinski definition) is 7. The molecule has 0 unspecified atom stereocenters. The maximum Gasteiger partial charge on any atom is 0.227 e. The predicted molar refractivity (Wildman–Crippen MR) is 143 cm³/mol. The molecular weight excluding hydrogens is 464 g/mol. The van der Waals surface area contributed by atoms with E-state index < -0.39 is 0 Å². The largest absolute Gasteiger partial charge is 0.378 e. The lowest BCUT2D eigenvalue weighted by Gasteiger charge is -2.42. The van der Waals surface area contributed by atoms with Gasteiger partial charge in [-0.3, -0.25) is 9.69 Å². The van der Waals surface area contributed by atoms with Gasteiger partial charge in [-0.25, -0.2) is 9.97 Å². The van der Waals surface area contributed by atoms with Crippen LogP contribution in [0.25, 0.3) is 0 Å². The van der Waals surface area contributed by atoms with Gasteiger partial charge in [0.1, 0.15) is 0 Å². The molecule has 4 aliphatic rings. The van der Waals surface area contributed by atoms with Gasteiger partial charge in [-0.15, -0.1) is 0 Å². The zero-order valence-corrected chi connectivity index (χ0v) is 22.2. The van der Waals surface area contributed by atoms with E-state index in [9.17, 15) is 4.79 Å². The van der Waals surface area contributed by atoms with Crippen molar-refractivity contribution in [1.29, 1.82) is 0 Å². The number of piperidine rings is 2. The van der Waals surface area contributed by atoms with Crippen molar-refractivity contribution in [2.24, 2.45) is 5.92 Å². The minimum absolute atomic E-state index is 0.00767.